The van der Waals surface area contributed by atoms with Gasteiger partial charge < -0.3 is 0 Å². The second-order valence-electron chi connectivity index (χ2n) is 5.04. The first kappa shape index (κ1) is 11.5. The maximum Gasteiger partial charge on any atom is 0.148 e. The Morgan fingerprint density at radius 1 is 1.27 bits per heavy atom. The highest BCUT2D eigenvalue weighted by Crippen LogP contribution is 2.36. The first-order chi connectivity index (χ1) is 7.31. The van der Waals surface area contributed by atoms with E-state index in [4.69, 9.17) is 0 Å². The number of rotatable bonds is 3. The van der Waals surface area contributed by atoms with Crippen molar-refractivity contribution in [3.8, 4) is 0 Å². The minimum Gasteiger partial charge on any atom is -0.298 e. The second-order valence-corrected chi connectivity index (χ2v) is 6.35. The fraction of sp³-hybridized carbons (Fsp3) is 0.923. The summed E-state index contributed by atoms with van der Waals surface area (Å²) in [4.78, 5) is 12.2. The average molecular weight is 226 g/mol. The quantitative estimate of drug-likeness (QED) is 0.730. The van der Waals surface area contributed by atoms with Crippen LogP contribution >= 0.6 is 11.8 Å². The van der Waals surface area contributed by atoms with Gasteiger partial charge in [0.15, 0.2) is 0 Å². The van der Waals surface area contributed by atoms with E-state index < -0.39 is 0 Å². The van der Waals surface area contributed by atoms with Crippen molar-refractivity contribution in [2.24, 2.45) is 11.8 Å². The summed E-state index contributed by atoms with van der Waals surface area (Å²) in [6.07, 6.45) is 8.67. The third-order valence-corrected chi connectivity index (χ3v) is 5.40. The van der Waals surface area contributed by atoms with Gasteiger partial charge in [0.25, 0.3) is 0 Å². The van der Waals surface area contributed by atoms with Gasteiger partial charge in [-0.05, 0) is 37.4 Å². The van der Waals surface area contributed by atoms with Gasteiger partial charge in [-0.1, -0.05) is 26.2 Å². The number of hydrogen-bond acceptors (Lipinski definition) is 2. The molecule has 0 aromatic rings. The maximum absolute atomic E-state index is 12.2. The third-order valence-electron chi connectivity index (χ3n) is 4.01. The molecule has 0 aromatic heterocycles. The van der Waals surface area contributed by atoms with E-state index in [1.165, 1.54) is 44.3 Å². The predicted octanol–water partition coefficient (Wildman–Crippen LogP) is 3.67. The molecule has 86 valence electrons. The van der Waals surface area contributed by atoms with Crippen LogP contribution in [0.2, 0.25) is 0 Å². The van der Waals surface area contributed by atoms with Gasteiger partial charge in [-0.2, -0.15) is 11.8 Å². The molecule has 1 aliphatic heterocycles. The minimum atomic E-state index is 0.366. The lowest BCUT2D eigenvalue weighted by Gasteiger charge is -2.28. The lowest BCUT2D eigenvalue weighted by molar-refractivity contribution is -0.123. The highest BCUT2D eigenvalue weighted by molar-refractivity contribution is 8.00. The van der Waals surface area contributed by atoms with E-state index in [-0.39, 0.29) is 0 Å². The SMILES string of the molecule is CCC1CCCC(C(=O)C2CCCS2)C1. The lowest BCUT2D eigenvalue weighted by Crippen LogP contribution is -2.28. The van der Waals surface area contributed by atoms with Crippen molar-refractivity contribution in [1.29, 1.82) is 0 Å². The van der Waals surface area contributed by atoms with Crippen molar-refractivity contribution in [3.63, 3.8) is 0 Å². The van der Waals surface area contributed by atoms with Gasteiger partial charge in [0.05, 0.1) is 5.25 Å². The Bertz CT molecular complexity index is 221. The highest BCUT2D eigenvalue weighted by Gasteiger charge is 2.32. The van der Waals surface area contributed by atoms with Crippen LogP contribution in [0.15, 0.2) is 0 Å². The van der Waals surface area contributed by atoms with Crippen LogP contribution in [0.3, 0.4) is 0 Å². The lowest BCUT2D eigenvalue weighted by atomic mass is 9.77. The Balaban J connectivity index is 1.88. The van der Waals surface area contributed by atoms with Gasteiger partial charge >= 0.3 is 0 Å². The fourth-order valence-corrected chi connectivity index (χ4v) is 4.29. The topological polar surface area (TPSA) is 17.1 Å². The first-order valence-corrected chi connectivity index (χ1v) is 7.51. The zero-order chi connectivity index (χ0) is 10.7. The van der Waals surface area contributed by atoms with Crippen molar-refractivity contribution in [3.05, 3.63) is 0 Å². The van der Waals surface area contributed by atoms with E-state index in [0.29, 0.717) is 17.0 Å². The molecule has 2 aliphatic rings. The van der Waals surface area contributed by atoms with Crippen molar-refractivity contribution in [1.82, 2.24) is 0 Å². The monoisotopic (exact) mass is 226 g/mol. The Morgan fingerprint density at radius 2 is 2.13 bits per heavy atom. The summed E-state index contributed by atoms with van der Waals surface area (Å²) < 4.78 is 0. The van der Waals surface area contributed by atoms with Gasteiger partial charge in [-0.25, -0.2) is 0 Å². The summed E-state index contributed by atoms with van der Waals surface area (Å²) in [5.74, 6) is 3.05. The van der Waals surface area contributed by atoms with E-state index in [1.807, 2.05) is 11.8 Å². The summed E-state index contributed by atoms with van der Waals surface area (Å²) in [7, 11) is 0. The van der Waals surface area contributed by atoms with E-state index in [1.54, 1.807) is 0 Å². The molecule has 2 heteroatoms. The summed E-state index contributed by atoms with van der Waals surface area (Å²) in [5, 5.41) is 0.366. The zero-order valence-corrected chi connectivity index (χ0v) is 10.5. The number of ketones is 1. The molecular formula is C13H22OS. The number of carbonyl (C=O) groups excluding carboxylic acids is 1. The molecule has 0 bridgehead atoms. The summed E-state index contributed by atoms with van der Waals surface area (Å²) >= 11 is 1.90. The van der Waals surface area contributed by atoms with Gasteiger partial charge in [0.2, 0.25) is 0 Å². The molecular weight excluding hydrogens is 204 g/mol. The normalized spacial score (nSPS) is 36.7. The largest absolute Gasteiger partial charge is 0.298 e. The van der Waals surface area contributed by atoms with Crippen LogP contribution in [-0.2, 0) is 4.79 Å². The van der Waals surface area contributed by atoms with Gasteiger partial charge in [0, 0.05) is 5.92 Å². The van der Waals surface area contributed by atoms with Gasteiger partial charge in [-0.3, -0.25) is 4.79 Å². The van der Waals surface area contributed by atoms with Crippen LogP contribution in [0.5, 0.6) is 0 Å². The van der Waals surface area contributed by atoms with Crippen LogP contribution < -0.4 is 0 Å². The summed E-state index contributed by atoms with van der Waals surface area (Å²) in [5.41, 5.74) is 0. The smallest absolute Gasteiger partial charge is 0.148 e. The highest BCUT2D eigenvalue weighted by atomic mass is 32.2. The molecule has 0 N–H and O–H groups in total. The van der Waals surface area contributed by atoms with Crippen LogP contribution in [0.25, 0.3) is 0 Å². The molecule has 3 unspecified atom stereocenters. The third kappa shape index (κ3) is 2.77. The molecule has 1 heterocycles. The van der Waals surface area contributed by atoms with Crippen LogP contribution in [0.1, 0.15) is 51.9 Å². The number of Topliss-reactive ketones (excluding diaryl/α,β-unsaturated/α-hetero) is 1. The maximum atomic E-state index is 12.2. The molecule has 2 fully saturated rings. The molecule has 15 heavy (non-hydrogen) atoms. The average Bonchev–Trinajstić information content (AvgIpc) is 2.81. The number of hydrogen-bond donors (Lipinski definition) is 0. The van der Waals surface area contributed by atoms with Crippen LogP contribution in [-0.4, -0.2) is 16.8 Å². The fourth-order valence-electron chi connectivity index (χ4n) is 2.99. The van der Waals surface area contributed by atoms with E-state index in [2.05, 4.69) is 6.92 Å². The van der Waals surface area contributed by atoms with Gasteiger partial charge in [0.1, 0.15) is 5.78 Å². The molecule has 1 aliphatic carbocycles. The second kappa shape index (κ2) is 5.38. The molecule has 0 amide bonds. The predicted molar refractivity (Wildman–Crippen MR) is 66.2 cm³/mol. The van der Waals surface area contributed by atoms with E-state index in [9.17, 15) is 4.79 Å². The van der Waals surface area contributed by atoms with E-state index in [0.717, 1.165) is 12.3 Å². The van der Waals surface area contributed by atoms with Crippen molar-refractivity contribution < 1.29 is 4.79 Å². The molecule has 0 radical (unpaired) electrons. The number of thioether (sulfide) groups is 1. The van der Waals surface area contributed by atoms with Gasteiger partial charge in [-0.15, -0.1) is 0 Å². The Hall–Kier alpha value is 0.0200. The molecule has 3 atom stereocenters. The summed E-state index contributed by atoms with van der Waals surface area (Å²) in [6.45, 7) is 2.27. The van der Waals surface area contributed by atoms with Crippen molar-refractivity contribution in [2.45, 2.75) is 57.1 Å². The molecule has 1 saturated heterocycles. The van der Waals surface area contributed by atoms with E-state index >= 15 is 0 Å². The standard InChI is InChI=1S/C13H22OS/c1-2-10-5-3-6-11(9-10)13(14)12-7-4-8-15-12/h10-12H,2-9H2,1H3. The molecule has 0 spiro atoms. The summed E-state index contributed by atoms with van der Waals surface area (Å²) in [6, 6.07) is 0. The Morgan fingerprint density at radius 3 is 2.80 bits per heavy atom. The molecule has 1 nitrogen and oxygen atoms in total. The van der Waals surface area contributed by atoms with Crippen LogP contribution in [0.4, 0.5) is 0 Å². The zero-order valence-electron chi connectivity index (χ0n) is 9.71. The number of carbonyl (C=O) groups is 1. The Kier molecular flexibility index (Phi) is 4.13. The van der Waals surface area contributed by atoms with Crippen molar-refractivity contribution >= 4 is 17.5 Å². The molecule has 1 saturated carbocycles. The van der Waals surface area contributed by atoms with Crippen LogP contribution in [0, 0.1) is 11.8 Å². The Labute approximate surface area is 97.4 Å². The first-order valence-electron chi connectivity index (χ1n) is 6.46. The molecule has 0 aromatic carbocycles. The van der Waals surface area contributed by atoms with Crippen molar-refractivity contribution in [2.75, 3.05) is 5.75 Å². The minimum absolute atomic E-state index is 0.366. The molecule has 2 rings (SSSR count).